The summed E-state index contributed by atoms with van der Waals surface area (Å²) in [6.45, 7) is -1.72. The largest absolute Gasteiger partial charge is 0.493 e. The molecule has 1 N–H and O–H groups in total. The van der Waals surface area contributed by atoms with E-state index in [4.69, 9.17) is 14.6 Å². The molecule has 0 fully saturated rings. The number of hydrogen-bond acceptors (Lipinski definition) is 4. The van der Waals surface area contributed by atoms with Gasteiger partial charge in [-0.1, -0.05) is 0 Å². The number of ether oxygens (including phenoxy) is 3. The fourth-order valence-electron chi connectivity index (χ4n) is 1.40. The first-order chi connectivity index (χ1) is 9.37. The summed E-state index contributed by atoms with van der Waals surface area (Å²) < 4.78 is 51.0. The molecular formula is C12H14BrF3O4. The lowest BCUT2D eigenvalue weighted by atomic mass is 10.2. The number of benzene rings is 1. The topological polar surface area (TPSA) is 47.9 Å². The normalized spacial score (nSPS) is 11.5. The van der Waals surface area contributed by atoms with E-state index in [0.29, 0.717) is 21.5 Å². The van der Waals surface area contributed by atoms with Crippen molar-refractivity contribution in [1.29, 1.82) is 0 Å². The highest BCUT2D eigenvalue weighted by Crippen LogP contribution is 2.36. The lowest BCUT2D eigenvalue weighted by Crippen LogP contribution is -2.19. The van der Waals surface area contributed by atoms with E-state index < -0.39 is 12.8 Å². The SMILES string of the molecule is COc1cc(CO)cc(Br)c1OCCOCC(F)(F)F. The Balaban J connectivity index is 2.55. The molecule has 4 nitrogen and oxygen atoms in total. The smallest absolute Gasteiger partial charge is 0.411 e. The number of alkyl halides is 3. The lowest BCUT2D eigenvalue weighted by molar-refractivity contribution is -0.175. The molecule has 0 aliphatic heterocycles. The number of aliphatic hydroxyl groups excluding tert-OH is 1. The van der Waals surface area contributed by atoms with Crippen molar-refractivity contribution in [1.82, 2.24) is 0 Å². The van der Waals surface area contributed by atoms with Gasteiger partial charge in [-0.25, -0.2) is 0 Å². The van der Waals surface area contributed by atoms with E-state index >= 15 is 0 Å². The van der Waals surface area contributed by atoms with E-state index in [1.807, 2.05) is 0 Å². The van der Waals surface area contributed by atoms with Crippen molar-refractivity contribution < 1.29 is 32.5 Å². The van der Waals surface area contributed by atoms with Crippen molar-refractivity contribution in [2.45, 2.75) is 12.8 Å². The molecule has 0 saturated carbocycles. The van der Waals surface area contributed by atoms with Crippen LogP contribution < -0.4 is 9.47 Å². The molecule has 8 heteroatoms. The summed E-state index contributed by atoms with van der Waals surface area (Å²) in [5.74, 6) is 0.722. The van der Waals surface area contributed by atoms with Crippen molar-refractivity contribution in [3.8, 4) is 11.5 Å². The summed E-state index contributed by atoms with van der Waals surface area (Å²) >= 11 is 3.24. The molecule has 0 aliphatic carbocycles. The molecule has 20 heavy (non-hydrogen) atoms. The molecule has 0 unspecified atom stereocenters. The number of hydrogen-bond donors (Lipinski definition) is 1. The third-order valence-electron chi connectivity index (χ3n) is 2.21. The number of aliphatic hydroxyl groups is 1. The van der Waals surface area contributed by atoms with Gasteiger partial charge in [0.15, 0.2) is 11.5 Å². The van der Waals surface area contributed by atoms with Gasteiger partial charge in [-0.05, 0) is 33.6 Å². The van der Waals surface area contributed by atoms with E-state index in [1.54, 1.807) is 12.1 Å². The summed E-state index contributed by atoms with van der Waals surface area (Å²) in [6, 6.07) is 3.21. The Morgan fingerprint density at radius 1 is 1.25 bits per heavy atom. The zero-order valence-corrected chi connectivity index (χ0v) is 12.3. The van der Waals surface area contributed by atoms with Crippen LogP contribution in [0, 0.1) is 0 Å². The summed E-state index contributed by atoms with van der Waals surface area (Å²) in [7, 11) is 1.43. The van der Waals surface area contributed by atoms with Gasteiger partial charge < -0.3 is 19.3 Å². The van der Waals surface area contributed by atoms with Crippen molar-refractivity contribution in [2.24, 2.45) is 0 Å². The van der Waals surface area contributed by atoms with Crippen LogP contribution in [-0.4, -0.2) is 38.2 Å². The van der Waals surface area contributed by atoms with Gasteiger partial charge in [0.05, 0.1) is 24.8 Å². The van der Waals surface area contributed by atoms with Crippen molar-refractivity contribution in [2.75, 3.05) is 26.9 Å². The minimum atomic E-state index is -4.35. The Hall–Kier alpha value is -0.990. The average molecular weight is 359 g/mol. The van der Waals surface area contributed by atoms with E-state index in [1.165, 1.54) is 7.11 Å². The van der Waals surface area contributed by atoms with Crippen LogP contribution in [0.2, 0.25) is 0 Å². The van der Waals surface area contributed by atoms with Gasteiger partial charge >= 0.3 is 6.18 Å². The highest BCUT2D eigenvalue weighted by Gasteiger charge is 2.27. The second-order valence-corrected chi connectivity index (χ2v) is 4.64. The van der Waals surface area contributed by atoms with E-state index in [-0.39, 0.29) is 19.8 Å². The van der Waals surface area contributed by atoms with Crippen LogP contribution in [0.25, 0.3) is 0 Å². The average Bonchev–Trinajstić information content (AvgIpc) is 2.38. The maximum Gasteiger partial charge on any atom is 0.411 e. The number of halogens is 4. The molecular weight excluding hydrogens is 345 g/mol. The minimum Gasteiger partial charge on any atom is -0.493 e. The molecule has 0 spiro atoms. The Labute approximate surface area is 122 Å². The molecule has 0 bridgehead atoms. The van der Waals surface area contributed by atoms with Gasteiger partial charge in [0.25, 0.3) is 0 Å². The standard InChI is InChI=1S/C12H14BrF3O4/c1-18-10-5-8(6-17)4-9(13)11(10)20-3-2-19-7-12(14,15)16/h4-5,17H,2-3,6-7H2,1H3. The fourth-order valence-corrected chi connectivity index (χ4v) is 2.00. The van der Waals surface area contributed by atoms with Crippen LogP contribution in [-0.2, 0) is 11.3 Å². The van der Waals surface area contributed by atoms with Gasteiger partial charge in [-0.15, -0.1) is 0 Å². The zero-order valence-electron chi connectivity index (χ0n) is 10.7. The van der Waals surface area contributed by atoms with E-state index in [9.17, 15) is 13.2 Å². The first kappa shape index (κ1) is 17.1. The maximum atomic E-state index is 11.9. The first-order valence-corrected chi connectivity index (χ1v) is 6.41. The Morgan fingerprint density at radius 2 is 1.95 bits per heavy atom. The molecule has 1 aromatic rings. The summed E-state index contributed by atoms with van der Waals surface area (Å²) in [6.07, 6.45) is -4.35. The van der Waals surface area contributed by atoms with E-state index in [0.717, 1.165) is 0 Å². The number of methoxy groups -OCH3 is 1. The first-order valence-electron chi connectivity index (χ1n) is 5.62. The van der Waals surface area contributed by atoms with Crippen molar-refractivity contribution in [3.63, 3.8) is 0 Å². The predicted molar refractivity (Wildman–Crippen MR) is 69.0 cm³/mol. The van der Waals surface area contributed by atoms with Gasteiger partial charge in [0, 0.05) is 0 Å². The number of rotatable bonds is 7. The zero-order chi connectivity index (χ0) is 15.2. The third-order valence-corrected chi connectivity index (χ3v) is 2.80. The second-order valence-electron chi connectivity index (χ2n) is 3.78. The molecule has 114 valence electrons. The van der Waals surface area contributed by atoms with Gasteiger partial charge in [0.1, 0.15) is 13.2 Å². The van der Waals surface area contributed by atoms with Gasteiger partial charge in [-0.3, -0.25) is 0 Å². The Morgan fingerprint density at radius 3 is 2.50 bits per heavy atom. The monoisotopic (exact) mass is 358 g/mol. The van der Waals surface area contributed by atoms with Crippen LogP contribution in [0.1, 0.15) is 5.56 Å². The van der Waals surface area contributed by atoms with Crippen LogP contribution in [0.15, 0.2) is 16.6 Å². The fraction of sp³-hybridized carbons (Fsp3) is 0.500. The van der Waals surface area contributed by atoms with Crippen molar-refractivity contribution >= 4 is 15.9 Å². The van der Waals surface area contributed by atoms with Crippen LogP contribution >= 0.6 is 15.9 Å². The molecule has 0 radical (unpaired) electrons. The highest BCUT2D eigenvalue weighted by atomic mass is 79.9. The van der Waals surface area contributed by atoms with Crippen LogP contribution in [0.3, 0.4) is 0 Å². The van der Waals surface area contributed by atoms with Crippen LogP contribution in [0.5, 0.6) is 11.5 Å². The lowest BCUT2D eigenvalue weighted by Gasteiger charge is -2.14. The van der Waals surface area contributed by atoms with E-state index in [2.05, 4.69) is 20.7 Å². The summed E-state index contributed by atoms with van der Waals surface area (Å²) in [4.78, 5) is 0. The van der Waals surface area contributed by atoms with Gasteiger partial charge in [-0.2, -0.15) is 13.2 Å². The molecule has 0 amide bonds. The molecule has 0 aliphatic rings. The summed E-state index contributed by atoms with van der Waals surface area (Å²) in [5, 5.41) is 9.05. The van der Waals surface area contributed by atoms with Crippen molar-refractivity contribution in [3.05, 3.63) is 22.2 Å². The molecule has 1 aromatic carbocycles. The molecule has 0 aromatic heterocycles. The maximum absolute atomic E-state index is 11.9. The summed E-state index contributed by atoms with van der Waals surface area (Å²) in [5.41, 5.74) is 0.620. The Kier molecular flexibility index (Phi) is 6.57. The second kappa shape index (κ2) is 7.70. The molecule has 0 atom stereocenters. The highest BCUT2D eigenvalue weighted by molar-refractivity contribution is 9.10. The molecule has 1 rings (SSSR count). The third kappa shape index (κ3) is 5.56. The van der Waals surface area contributed by atoms with Crippen LogP contribution in [0.4, 0.5) is 13.2 Å². The predicted octanol–water partition coefficient (Wildman–Crippen LogP) is 2.91. The van der Waals surface area contributed by atoms with Gasteiger partial charge in [0.2, 0.25) is 0 Å². The molecule has 0 heterocycles. The minimum absolute atomic E-state index is 0.0521. The Bertz CT molecular complexity index is 437. The molecule has 0 saturated heterocycles. The quantitative estimate of drug-likeness (QED) is 0.761.